The number of rotatable bonds is 7. The molecule has 21 heavy (non-hydrogen) atoms. The number of benzene rings is 1. The van der Waals surface area contributed by atoms with E-state index < -0.39 is 0 Å². The molecule has 2 rings (SSSR count). The molecule has 0 spiro atoms. The van der Waals surface area contributed by atoms with E-state index in [-0.39, 0.29) is 0 Å². The van der Waals surface area contributed by atoms with Crippen LogP contribution in [0.3, 0.4) is 0 Å². The van der Waals surface area contributed by atoms with Crippen molar-refractivity contribution in [2.75, 3.05) is 19.6 Å². The van der Waals surface area contributed by atoms with Gasteiger partial charge in [0, 0.05) is 19.5 Å². The van der Waals surface area contributed by atoms with E-state index in [4.69, 9.17) is 5.73 Å². The average molecular weight is 288 g/mol. The largest absolute Gasteiger partial charge is 0.343 e. The van der Waals surface area contributed by atoms with Gasteiger partial charge >= 0.3 is 0 Å². The quantitative estimate of drug-likeness (QED) is 0.782. The van der Waals surface area contributed by atoms with Gasteiger partial charge in [0.2, 0.25) is 5.91 Å². The van der Waals surface area contributed by atoms with E-state index in [1.165, 1.54) is 5.56 Å². The lowest BCUT2D eigenvalue weighted by Crippen LogP contribution is -2.37. The second kappa shape index (κ2) is 8.83. The summed E-state index contributed by atoms with van der Waals surface area (Å²) in [6.45, 7) is 2.60. The third kappa shape index (κ3) is 5.16. The molecule has 1 amide bonds. The molecule has 1 aliphatic rings. The summed E-state index contributed by atoms with van der Waals surface area (Å²) < 4.78 is 0. The number of amides is 1. The number of nitrogens with zero attached hydrogens (tertiary/aromatic N) is 1. The fourth-order valence-electron chi connectivity index (χ4n) is 3.12. The predicted molar refractivity (Wildman–Crippen MR) is 87.1 cm³/mol. The lowest BCUT2D eigenvalue weighted by atomic mass is 9.89. The van der Waals surface area contributed by atoms with E-state index in [0.29, 0.717) is 18.2 Å². The molecule has 3 nitrogen and oxygen atoms in total. The monoisotopic (exact) mass is 288 g/mol. The lowest BCUT2D eigenvalue weighted by Gasteiger charge is -2.32. The van der Waals surface area contributed by atoms with E-state index in [1.54, 1.807) is 0 Å². The molecule has 116 valence electrons. The molecule has 1 aliphatic heterocycles. The van der Waals surface area contributed by atoms with E-state index in [1.807, 2.05) is 0 Å². The molecule has 1 aromatic rings. The van der Waals surface area contributed by atoms with E-state index in [2.05, 4.69) is 35.2 Å². The minimum Gasteiger partial charge on any atom is -0.343 e. The van der Waals surface area contributed by atoms with Gasteiger partial charge in [-0.2, -0.15) is 0 Å². The Morgan fingerprint density at radius 3 is 2.38 bits per heavy atom. The highest BCUT2D eigenvalue weighted by atomic mass is 16.2. The number of likely N-dealkylation sites (tertiary alicyclic amines) is 1. The van der Waals surface area contributed by atoms with Gasteiger partial charge in [0.05, 0.1) is 0 Å². The van der Waals surface area contributed by atoms with Crippen LogP contribution in [-0.2, 0) is 4.79 Å². The van der Waals surface area contributed by atoms with Crippen molar-refractivity contribution in [3.8, 4) is 0 Å². The third-order valence-electron chi connectivity index (χ3n) is 4.46. The fraction of sp³-hybridized carbons (Fsp3) is 0.611. The predicted octanol–water partition coefficient (Wildman–Crippen LogP) is 3.30. The Bertz CT molecular complexity index is 410. The molecule has 1 aromatic carbocycles. The van der Waals surface area contributed by atoms with Crippen LogP contribution < -0.4 is 5.73 Å². The van der Waals surface area contributed by atoms with Crippen LogP contribution in [0.1, 0.15) is 56.4 Å². The number of carbonyl (C=O) groups is 1. The van der Waals surface area contributed by atoms with E-state index >= 15 is 0 Å². The molecule has 0 radical (unpaired) electrons. The number of piperidine rings is 1. The van der Waals surface area contributed by atoms with Crippen molar-refractivity contribution in [1.82, 2.24) is 4.90 Å². The number of unbranched alkanes of at least 4 members (excludes halogenated alkanes) is 3. The van der Waals surface area contributed by atoms with Crippen LogP contribution in [-0.4, -0.2) is 30.4 Å². The van der Waals surface area contributed by atoms with Gasteiger partial charge in [-0.3, -0.25) is 4.79 Å². The van der Waals surface area contributed by atoms with Crippen LogP contribution in [0.5, 0.6) is 0 Å². The highest BCUT2D eigenvalue weighted by molar-refractivity contribution is 5.76. The SMILES string of the molecule is NCCCCCCC(=O)N1CCC(c2ccccc2)CC1. The van der Waals surface area contributed by atoms with Crippen LogP contribution in [0, 0.1) is 0 Å². The molecule has 0 bridgehead atoms. The van der Waals surface area contributed by atoms with E-state index in [0.717, 1.165) is 58.2 Å². The normalized spacial score (nSPS) is 16.1. The van der Waals surface area contributed by atoms with Gasteiger partial charge in [0.25, 0.3) is 0 Å². The lowest BCUT2D eigenvalue weighted by molar-refractivity contribution is -0.132. The first-order valence-corrected chi connectivity index (χ1v) is 8.34. The van der Waals surface area contributed by atoms with Crippen LogP contribution in [0.25, 0.3) is 0 Å². The summed E-state index contributed by atoms with van der Waals surface area (Å²) in [5.74, 6) is 0.967. The maximum absolute atomic E-state index is 12.2. The second-order valence-corrected chi connectivity index (χ2v) is 6.02. The Kier molecular flexibility index (Phi) is 6.74. The summed E-state index contributed by atoms with van der Waals surface area (Å²) in [7, 11) is 0. The van der Waals surface area contributed by atoms with Gasteiger partial charge in [0.15, 0.2) is 0 Å². The van der Waals surface area contributed by atoms with Gasteiger partial charge in [-0.05, 0) is 43.7 Å². The van der Waals surface area contributed by atoms with Crippen molar-refractivity contribution in [2.45, 2.75) is 50.9 Å². The van der Waals surface area contributed by atoms with Gasteiger partial charge in [0.1, 0.15) is 0 Å². The summed E-state index contributed by atoms with van der Waals surface area (Å²) in [4.78, 5) is 14.2. The zero-order chi connectivity index (χ0) is 14.9. The molecule has 0 unspecified atom stereocenters. The molecule has 0 atom stereocenters. The molecule has 0 aliphatic carbocycles. The van der Waals surface area contributed by atoms with Gasteiger partial charge in [-0.15, -0.1) is 0 Å². The Morgan fingerprint density at radius 2 is 1.71 bits per heavy atom. The number of nitrogens with two attached hydrogens (primary N) is 1. The van der Waals surface area contributed by atoms with Gasteiger partial charge in [-0.1, -0.05) is 43.2 Å². The fourth-order valence-corrected chi connectivity index (χ4v) is 3.12. The Labute approximate surface area is 128 Å². The summed E-state index contributed by atoms with van der Waals surface area (Å²) in [5.41, 5.74) is 6.90. The van der Waals surface area contributed by atoms with Crippen LogP contribution in [0.4, 0.5) is 0 Å². The highest BCUT2D eigenvalue weighted by Gasteiger charge is 2.23. The van der Waals surface area contributed by atoms with Crippen molar-refractivity contribution >= 4 is 5.91 Å². The highest BCUT2D eigenvalue weighted by Crippen LogP contribution is 2.28. The topological polar surface area (TPSA) is 46.3 Å². The maximum Gasteiger partial charge on any atom is 0.222 e. The van der Waals surface area contributed by atoms with Crippen LogP contribution in [0.15, 0.2) is 30.3 Å². The van der Waals surface area contributed by atoms with Crippen molar-refractivity contribution in [3.05, 3.63) is 35.9 Å². The minimum atomic E-state index is 0.342. The Hall–Kier alpha value is -1.35. The zero-order valence-electron chi connectivity index (χ0n) is 13.0. The first-order valence-electron chi connectivity index (χ1n) is 8.34. The smallest absolute Gasteiger partial charge is 0.222 e. The number of hydrogen-bond donors (Lipinski definition) is 1. The summed E-state index contributed by atoms with van der Waals surface area (Å²) in [6.07, 6.45) is 7.28. The van der Waals surface area contributed by atoms with Gasteiger partial charge in [-0.25, -0.2) is 0 Å². The minimum absolute atomic E-state index is 0.342. The molecule has 2 N–H and O–H groups in total. The summed E-state index contributed by atoms with van der Waals surface area (Å²) in [6, 6.07) is 10.7. The van der Waals surface area contributed by atoms with E-state index in [9.17, 15) is 4.79 Å². The molecule has 3 heteroatoms. The third-order valence-corrected chi connectivity index (χ3v) is 4.46. The average Bonchev–Trinajstić information content (AvgIpc) is 2.55. The maximum atomic E-state index is 12.2. The molecular formula is C18H28N2O. The first kappa shape index (κ1) is 16.0. The van der Waals surface area contributed by atoms with Crippen molar-refractivity contribution in [3.63, 3.8) is 0 Å². The molecule has 1 saturated heterocycles. The molecule has 1 heterocycles. The number of hydrogen-bond acceptors (Lipinski definition) is 2. The van der Waals surface area contributed by atoms with Crippen LogP contribution in [0.2, 0.25) is 0 Å². The summed E-state index contributed by atoms with van der Waals surface area (Å²) >= 11 is 0. The van der Waals surface area contributed by atoms with Crippen molar-refractivity contribution in [1.29, 1.82) is 0 Å². The summed E-state index contributed by atoms with van der Waals surface area (Å²) in [5, 5.41) is 0. The zero-order valence-corrected chi connectivity index (χ0v) is 13.0. The Morgan fingerprint density at radius 1 is 1.05 bits per heavy atom. The van der Waals surface area contributed by atoms with Gasteiger partial charge < -0.3 is 10.6 Å². The molecular weight excluding hydrogens is 260 g/mol. The van der Waals surface area contributed by atoms with Crippen molar-refractivity contribution < 1.29 is 4.79 Å². The molecule has 0 aromatic heterocycles. The standard InChI is InChI=1S/C18H28N2O/c19-13-7-2-1-6-10-18(21)20-14-11-17(12-15-20)16-8-4-3-5-9-16/h3-5,8-9,17H,1-2,6-7,10-15,19H2. The first-order chi connectivity index (χ1) is 10.3. The number of carbonyl (C=O) groups excluding carboxylic acids is 1. The van der Waals surface area contributed by atoms with Crippen LogP contribution >= 0.6 is 0 Å². The second-order valence-electron chi connectivity index (χ2n) is 6.02. The van der Waals surface area contributed by atoms with Crippen molar-refractivity contribution in [2.24, 2.45) is 5.73 Å². The molecule has 1 fully saturated rings. The Balaban J connectivity index is 1.67. The molecule has 0 saturated carbocycles.